The molecule has 1 aliphatic heterocycles. The molecule has 0 amide bonds. The first-order chi connectivity index (χ1) is 9.42. The molecular formula is C16H23NO3. The molecule has 4 nitrogen and oxygen atoms in total. The van der Waals surface area contributed by atoms with E-state index in [0.29, 0.717) is 5.56 Å². The average molecular weight is 277 g/mol. The van der Waals surface area contributed by atoms with Crippen LogP contribution in [0.15, 0.2) is 12.1 Å². The highest BCUT2D eigenvalue weighted by molar-refractivity contribution is 5.92. The number of hydrogen-bond donors (Lipinski definition) is 1. The fraction of sp³-hybridized carbons (Fsp3) is 0.562. The number of rotatable bonds is 2. The lowest BCUT2D eigenvalue weighted by Crippen LogP contribution is -2.25. The summed E-state index contributed by atoms with van der Waals surface area (Å²) in [5.74, 6) is 0.606. The fourth-order valence-corrected chi connectivity index (χ4v) is 2.50. The third-order valence-corrected chi connectivity index (χ3v) is 3.33. The standard InChI is InChI=1S/C16H23NO3/c1-16(2,3)20-15(18)13-5-6-14(19-4)12-8-10-17-9-7-11(12)13/h5-6,17H,7-10H2,1-4H3. The molecule has 1 aliphatic rings. The zero-order valence-corrected chi connectivity index (χ0v) is 12.7. The molecular weight excluding hydrogens is 254 g/mol. The van der Waals surface area contributed by atoms with E-state index in [1.54, 1.807) is 7.11 Å². The van der Waals surface area contributed by atoms with E-state index in [1.165, 1.54) is 0 Å². The number of hydrogen-bond acceptors (Lipinski definition) is 4. The predicted molar refractivity (Wildman–Crippen MR) is 78.4 cm³/mol. The van der Waals surface area contributed by atoms with Crippen molar-refractivity contribution in [1.82, 2.24) is 5.32 Å². The van der Waals surface area contributed by atoms with Crippen LogP contribution in [0.4, 0.5) is 0 Å². The maximum atomic E-state index is 12.4. The third-order valence-electron chi connectivity index (χ3n) is 3.33. The van der Waals surface area contributed by atoms with Crippen LogP contribution in [0.25, 0.3) is 0 Å². The summed E-state index contributed by atoms with van der Waals surface area (Å²) in [5, 5.41) is 3.35. The van der Waals surface area contributed by atoms with Crippen molar-refractivity contribution in [3.8, 4) is 5.75 Å². The molecule has 110 valence electrons. The Morgan fingerprint density at radius 2 is 1.80 bits per heavy atom. The van der Waals surface area contributed by atoms with Crippen LogP contribution < -0.4 is 10.1 Å². The Morgan fingerprint density at radius 1 is 1.15 bits per heavy atom. The van der Waals surface area contributed by atoms with Gasteiger partial charge in [-0.1, -0.05) is 0 Å². The molecule has 0 aromatic heterocycles. The van der Waals surface area contributed by atoms with Crippen molar-refractivity contribution in [1.29, 1.82) is 0 Å². The van der Waals surface area contributed by atoms with Crippen molar-refractivity contribution in [2.75, 3.05) is 20.2 Å². The van der Waals surface area contributed by atoms with Crippen molar-refractivity contribution in [2.45, 2.75) is 39.2 Å². The lowest BCUT2D eigenvalue weighted by Gasteiger charge is -2.21. The zero-order valence-electron chi connectivity index (χ0n) is 12.7. The highest BCUT2D eigenvalue weighted by Crippen LogP contribution is 2.29. The molecule has 0 spiro atoms. The number of ether oxygens (including phenoxy) is 2. The Balaban J connectivity index is 2.41. The van der Waals surface area contributed by atoms with Gasteiger partial charge >= 0.3 is 5.97 Å². The molecule has 0 radical (unpaired) electrons. The number of carbonyl (C=O) groups is 1. The largest absolute Gasteiger partial charge is 0.496 e. The molecule has 0 atom stereocenters. The van der Waals surface area contributed by atoms with Crippen LogP contribution >= 0.6 is 0 Å². The number of methoxy groups -OCH3 is 1. The van der Waals surface area contributed by atoms with Crippen molar-refractivity contribution < 1.29 is 14.3 Å². The van der Waals surface area contributed by atoms with Gasteiger partial charge in [0.15, 0.2) is 0 Å². The Morgan fingerprint density at radius 3 is 2.40 bits per heavy atom. The smallest absolute Gasteiger partial charge is 0.338 e. The minimum atomic E-state index is -0.479. The molecule has 1 aromatic carbocycles. The Hall–Kier alpha value is -1.55. The summed E-state index contributed by atoms with van der Waals surface area (Å²) in [5.41, 5.74) is 2.37. The second kappa shape index (κ2) is 5.83. The molecule has 20 heavy (non-hydrogen) atoms. The SMILES string of the molecule is COc1ccc(C(=O)OC(C)(C)C)c2c1CCNCC2. The highest BCUT2D eigenvalue weighted by atomic mass is 16.6. The minimum absolute atomic E-state index is 0.252. The van der Waals surface area contributed by atoms with Crippen molar-refractivity contribution in [3.63, 3.8) is 0 Å². The quantitative estimate of drug-likeness (QED) is 0.843. The van der Waals surface area contributed by atoms with Crippen LogP contribution in [0, 0.1) is 0 Å². The van der Waals surface area contributed by atoms with Crippen LogP contribution in [0.2, 0.25) is 0 Å². The van der Waals surface area contributed by atoms with Gasteiger partial charge in [-0.3, -0.25) is 0 Å². The van der Waals surface area contributed by atoms with E-state index in [1.807, 2.05) is 32.9 Å². The van der Waals surface area contributed by atoms with Crippen LogP contribution in [-0.4, -0.2) is 31.8 Å². The maximum absolute atomic E-state index is 12.4. The Labute approximate surface area is 120 Å². The summed E-state index contributed by atoms with van der Waals surface area (Å²) in [6.45, 7) is 7.43. The van der Waals surface area contributed by atoms with Gasteiger partial charge in [0.2, 0.25) is 0 Å². The van der Waals surface area contributed by atoms with E-state index >= 15 is 0 Å². The lowest BCUT2D eigenvalue weighted by atomic mass is 9.96. The molecule has 4 heteroatoms. The molecule has 0 aliphatic carbocycles. The Bertz CT molecular complexity index is 503. The molecule has 1 heterocycles. The normalized spacial score (nSPS) is 15.2. The minimum Gasteiger partial charge on any atom is -0.496 e. The highest BCUT2D eigenvalue weighted by Gasteiger charge is 2.24. The monoisotopic (exact) mass is 277 g/mol. The summed E-state index contributed by atoms with van der Waals surface area (Å²) in [4.78, 5) is 12.4. The second-order valence-electron chi connectivity index (χ2n) is 6.02. The molecule has 0 saturated carbocycles. The van der Waals surface area contributed by atoms with Crippen LogP contribution in [0.3, 0.4) is 0 Å². The first kappa shape index (κ1) is 14.9. The van der Waals surface area contributed by atoms with Gasteiger partial charge < -0.3 is 14.8 Å². The van der Waals surface area contributed by atoms with Gasteiger partial charge in [-0.2, -0.15) is 0 Å². The van der Waals surface area contributed by atoms with Crippen LogP contribution in [0.1, 0.15) is 42.3 Å². The molecule has 0 unspecified atom stereocenters. The summed E-state index contributed by atoms with van der Waals surface area (Å²) >= 11 is 0. The van der Waals surface area contributed by atoms with E-state index in [0.717, 1.165) is 42.8 Å². The van der Waals surface area contributed by atoms with Crippen LogP contribution in [0.5, 0.6) is 5.75 Å². The number of fused-ring (bicyclic) bond motifs is 1. The number of nitrogens with one attached hydrogen (secondary N) is 1. The van der Waals surface area contributed by atoms with Gasteiger partial charge in [0.1, 0.15) is 11.4 Å². The van der Waals surface area contributed by atoms with Crippen LogP contribution in [-0.2, 0) is 17.6 Å². The lowest BCUT2D eigenvalue weighted by molar-refractivity contribution is 0.00682. The van der Waals surface area contributed by atoms with Gasteiger partial charge in [-0.15, -0.1) is 0 Å². The van der Waals surface area contributed by atoms with E-state index in [9.17, 15) is 4.79 Å². The summed E-state index contributed by atoms with van der Waals surface area (Å²) in [7, 11) is 1.67. The fourth-order valence-electron chi connectivity index (χ4n) is 2.50. The summed E-state index contributed by atoms with van der Waals surface area (Å²) in [6.07, 6.45) is 1.69. The topological polar surface area (TPSA) is 47.6 Å². The first-order valence-electron chi connectivity index (χ1n) is 7.05. The first-order valence-corrected chi connectivity index (χ1v) is 7.05. The van der Waals surface area contributed by atoms with E-state index < -0.39 is 5.60 Å². The zero-order chi connectivity index (χ0) is 14.8. The number of esters is 1. The average Bonchev–Trinajstić information content (AvgIpc) is 2.60. The molecule has 0 fully saturated rings. The number of carbonyl (C=O) groups excluding carboxylic acids is 1. The Kier molecular flexibility index (Phi) is 4.33. The van der Waals surface area contributed by atoms with Crippen molar-refractivity contribution >= 4 is 5.97 Å². The van der Waals surface area contributed by atoms with Crippen molar-refractivity contribution in [3.05, 3.63) is 28.8 Å². The van der Waals surface area contributed by atoms with E-state index in [4.69, 9.17) is 9.47 Å². The van der Waals surface area contributed by atoms with Gasteiger partial charge in [0.05, 0.1) is 12.7 Å². The molecule has 2 rings (SSSR count). The summed E-state index contributed by atoms with van der Waals surface area (Å²) in [6, 6.07) is 3.68. The number of benzene rings is 1. The van der Waals surface area contributed by atoms with Gasteiger partial charge in [-0.05, 0) is 70.0 Å². The second-order valence-corrected chi connectivity index (χ2v) is 6.02. The molecule has 0 bridgehead atoms. The van der Waals surface area contributed by atoms with Gasteiger partial charge in [-0.25, -0.2) is 4.79 Å². The predicted octanol–water partition coefficient (Wildman–Crippen LogP) is 2.34. The maximum Gasteiger partial charge on any atom is 0.338 e. The van der Waals surface area contributed by atoms with Gasteiger partial charge in [0.25, 0.3) is 0 Å². The van der Waals surface area contributed by atoms with E-state index in [2.05, 4.69) is 5.32 Å². The molecule has 1 aromatic rings. The summed E-state index contributed by atoms with van der Waals surface area (Å²) < 4.78 is 10.9. The van der Waals surface area contributed by atoms with Crippen molar-refractivity contribution in [2.24, 2.45) is 0 Å². The molecule has 0 saturated heterocycles. The van der Waals surface area contributed by atoms with Gasteiger partial charge in [0, 0.05) is 0 Å². The van der Waals surface area contributed by atoms with E-state index in [-0.39, 0.29) is 5.97 Å². The third kappa shape index (κ3) is 3.31. The molecule has 1 N–H and O–H groups in total.